The van der Waals surface area contributed by atoms with Gasteiger partial charge in [0.25, 0.3) is 0 Å². The van der Waals surface area contributed by atoms with E-state index in [0.717, 1.165) is 51.1 Å². The molecule has 0 atom stereocenters. The van der Waals surface area contributed by atoms with Crippen LogP contribution in [-0.4, -0.2) is 48.1 Å². The molecule has 1 saturated heterocycles. The third-order valence-electron chi connectivity index (χ3n) is 7.49. The lowest BCUT2D eigenvalue weighted by Gasteiger charge is -2.26. The zero-order valence-electron chi connectivity index (χ0n) is 21.6. The van der Waals surface area contributed by atoms with Gasteiger partial charge in [0.05, 0.1) is 17.2 Å². The molecule has 38 heavy (non-hydrogen) atoms. The van der Waals surface area contributed by atoms with Crippen LogP contribution in [0.3, 0.4) is 0 Å². The van der Waals surface area contributed by atoms with Crippen LogP contribution in [0.5, 0.6) is 0 Å². The molecule has 6 aromatic rings. The van der Waals surface area contributed by atoms with Gasteiger partial charge in [0, 0.05) is 51.4 Å². The number of piperidine rings is 1. The van der Waals surface area contributed by atoms with Crippen LogP contribution in [0.4, 0.5) is 0 Å². The van der Waals surface area contributed by atoms with Gasteiger partial charge < -0.3 is 4.98 Å². The van der Waals surface area contributed by atoms with Gasteiger partial charge in [0.2, 0.25) is 0 Å². The van der Waals surface area contributed by atoms with Gasteiger partial charge >= 0.3 is 0 Å². The molecule has 1 aliphatic rings. The second-order valence-electron chi connectivity index (χ2n) is 10.3. The molecule has 1 fully saturated rings. The molecule has 7 rings (SSSR count). The molecule has 0 aliphatic carbocycles. The summed E-state index contributed by atoms with van der Waals surface area (Å²) in [6.07, 6.45) is 11.6. The normalized spacial score (nSPS) is 14.6. The van der Waals surface area contributed by atoms with Gasteiger partial charge in [-0.25, -0.2) is 4.98 Å². The second-order valence-corrected chi connectivity index (χ2v) is 11.6. The maximum atomic E-state index is 5.01. The number of aromatic nitrogens is 6. The Hall–Kier alpha value is -3.88. The fraction of sp³-hybridized carbons (Fsp3) is 0.267. The number of imidazole rings is 1. The lowest BCUT2D eigenvalue weighted by Crippen LogP contribution is -2.29. The Morgan fingerprint density at radius 2 is 1.76 bits per heavy atom. The van der Waals surface area contributed by atoms with Crippen molar-refractivity contribution >= 4 is 33.3 Å². The first-order valence-corrected chi connectivity index (χ1v) is 14.0. The van der Waals surface area contributed by atoms with Crippen molar-refractivity contribution in [3.8, 4) is 33.1 Å². The summed E-state index contributed by atoms with van der Waals surface area (Å²) in [5.74, 6) is 0.737. The van der Waals surface area contributed by atoms with Gasteiger partial charge in [-0.05, 0) is 86.8 Å². The Morgan fingerprint density at radius 1 is 0.895 bits per heavy atom. The average Bonchev–Trinajstić information content (AvgIpc) is 3.66. The van der Waals surface area contributed by atoms with Crippen molar-refractivity contribution in [3.05, 3.63) is 71.1 Å². The van der Waals surface area contributed by atoms with Crippen molar-refractivity contribution in [1.29, 1.82) is 0 Å². The lowest BCUT2D eigenvalue weighted by atomic mass is 9.98. The summed E-state index contributed by atoms with van der Waals surface area (Å²) in [6.45, 7) is 7.57. The molecule has 0 bridgehead atoms. The molecule has 0 radical (unpaired) electrons. The second kappa shape index (κ2) is 9.45. The summed E-state index contributed by atoms with van der Waals surface area (Å²) in [7, 11) is 0. The number of aromatic amines is 2. The van der Waals surface area contributed by atoms with E-state index in [1.165, 1.54) is 58.8 Å². The molecule has 0 saturated carbocycles. The van der Waals surface area contributed by atoms with Crippen LogP contribution in [-0.2, 0) is 6.54 Å². The third kappa shape index (κ3) is 4.19. The quantitative estimate of drug-likeness (QED) is 0.259. The van der Waals surface area contributed by atoms with Crippen LogP contribution in [0.15, 0.2) is 55.1 Å². The maximum absolute atomic E-state index is 5.01. The summed E-state index contributed by atoms with van der Waals surface area (Å²) >= 11 is 1.75. The topological polar surface area (TPSA) is 86.4 Å². The number of hydrogen-bond acceptors (Lipinski definition) is 6. The Kier molecular flexibility index (Phi) is 5.78. The van der Waals surface area contributed by atoms with Crippen LogP contribution >= 0.6 is 11.3 Å². The van der Waals surface area contributed by atoms with Crippen LogP contribution in [0.2, 0.25) is 0 Å². The minimum Gasteiger partial charge on any atom is -0.335 e. The fourth-order valence-corrected chi connectivity index (χ4v) is 6.44. The molecule has 6 heterocycles. The first-order valence-electron chi connectivity index (χ1n) is 13.2. The first kappa shape index (κ1) is 23.3. The van der Waals surface area contributed by atoms with Gasteiger partial charge in [-0.1, -0.05) is 6.42 Å². The number of H-pyrrole nitrogens is 2. The molecule has 8 heteroatoms. The largest absolute Gasteiger partial charge is 0.335 e. The van der Waals surface area contributed by atoms with Gasteiger partial charge in [-0.2, -0.15) is 5.10 Å². The average molecular weight is 520 g/mol. The van der Waals surface area contributed by atoms with E-state index < -0.39 is 0 Å². The van der Waals surface area contributed by atoms with E-state index in [9.17, 15) is 0 Å². The Morgan fingerprint density at radius 3 is 2.61 bits per heavy atom. The Labute approximate surface area is 225 Å². The molecule has 1 aliphatic heterocycles. The number of nitrogens with zero attached hydrogens (tertiary/aromatic N) is 5. The third-order valence-corrected chi connectivity index (χ3v) is 8.53. The molecule has 1 aromatic carbocycles. The molecule has 190 valence electrons. The molecule has 2 N–H and O–H groups in total. The summed E-state index contributed by atoms with van der Waals surface area (Å²) in [6, 6.07) is 10.9. The van der Waals surface area contributed by atoms with Crippen molar-refractivity contribution < 1.29 is 0 Å². The van der Waals surface area contributed by atoms with E-state index in [1.54, 1.807) is 11.3 Å². The van der Waals surface area contributed by atoms with Crippen molar-refractivity contribution in [2.45, 2.75) is 39.7 Å². The van der Waals surface area contributed by atoms with Crippen molar-refractivity contribution in [3.63, 3.8) is 0 Å². The summed E-state index contributed by atoms with van der Waals surface area (Å²) in [4.78, 5) is 22.5. The van der Waals surface area contributed by atoms with Crippen molar-refractivity contribution in [1.82, 2.24) is 35.0 Å². The first-order chi connectivity index (χ1) is 18.6. The van der Waals surface area contributed by atoms with Crippen molar-refractivity contribution in [2.24, 2.45) is 0 Å². The summed E-state index contributed by atoms with van der Waals surface area (Å²) in [5.41, 5.74) is 9.41. The van der Waals surface area contributed by atoms with E-state index in [1.807, 2.05) is 24.8 Å². The van der Waals surface area contributed by atoms with E-state index in [0.29, 0.717) is 0 Å². The summed E-state index contributed by atoms with van der Waals surface area (Å²) < 4.78 is 0. The molecule has 0 unspecified atom stereocenters. The lowest BCUT2D eigenvalue weighted by molar-refractivity contribution is 0.220. The fourth-order valence-electron chi connectivity index (χ4n) is 5.57. The van der Waals surface area contributed by atoms with E-state index >= 15 is 0 Å². The van der Waals surface area contributed by atoms with Gasteiger partial charge in [-0.3, -0.25) is 20.0 Å². The smallest absolute Gasteiger partial charge is 0.159 e. The van der Waals surface area contributed by atoms with Gasteiger partial charge in [0.1, 0.15) is 11.2 Å². The molecule has 7 nitrogen and oxygen atoms in total. The highest BCUT2D eigenvalue weighted by Crippen LogP contribution is 2.36. The zero-order valence-corrected chi connectivity index (χ0v) is 22.4. The highest BCUT2D eigenvalue weighted by atomic mass is 32.1. The number of rotatable bonds is 5. The standard InChI is InChI=1S/C30H29N7S/c1-18-10-25-23(12-22(18)21-11-20(13-31-14-21)17-37-8-4-3-5-9-37)29(36-35-25)30-33-26-16-32-15-24(28(26)34-30)27-7-6-19(2)38-27/h6-7,10-16H,3-5,8-9,17H2,1-2H3,(H,33,34)(H,35,36). The van der Waals surface area contributed by atoms with Crippen LogP contribution in [0, 0.1) is 13.8 Å². The number of pyridine rings is 2. The monoisotopic (exact) mass is 519 g/mol. The Bertz CT molecular complexity index is 1770. The predicted octanol–water partition coefficient (Wildman–Crippen LogP) is 6.89. The number of benzene rings is 1. The molecular formula is C30H29N7S. The number of fused-ring (bicyclic) bond motifs is 2. The predicted molar refractivity (Wildman–Crippen MR) is 154 cm³/mol. The SMILES string of the molecule is Cc1ccc(-c2cncc3[nH]c(-c4n[nH]c5cc(C)c(-c6cncc(CN7CCCCC7)c6)cc45)nc23)s1. The van der Waals surface area contributed by atoms with E-state index in [-0.39, 0.29) is 0 Å². The molecular weight excluding hydrogens is 490 g/mol. The van der Waals surface area contributed by atoms with Gasteiger partial charge in [0.15, 0.2) is 5.82 Å². The van der Waals surface area contributed by atoms with Crippen molar-refractivity contribution in [2.75, 3.05) is 13.1 Å². The van der Waals surface area contributed by atoms with E-state index in [4.69, 9.17) is 4.98 Å². The van der Waals surface area contributed by atoms with Crippen LogP contribution in [0.1, 0.15) is 35.3 Å². The highest BCUT2D eigenvalue weighted by molar-refractivity contribution is 7.15. The number of thiophene rings is 1. The van der Waals surface area contributed by atoms with Gasteiger partial charge in [-0.15, -0.1) is 11.3 Å². The van der Waals surface area contributed by atoms with E-state index in [2.05, 4.69) is 74.2 Å². The number of nitrogens with one attached hydrogen (secondary N) is 2. The molecule has 0 spiro atoms. The number of likely N-dealkylation sites (tertiary alicyclic amines) is 1. The maximum Gasteiger partial charge on any atom is 0.159 e. The zero-order chi connectivity index (χ0) is 25.6. The van der Waals surface area contributed by atoms with Crippen LogP contribution < -0.4 is 0 Å². The Balaban J connectivity index is 1.28. The minimum atomic E-state index is 0.737. The van der Waals surface area contributed by atoms with Crippen LogP contribution in [0.25, 0.3) is 55.0 Å². The molecule has 5 aromatic heterocycles. The number of hydrogen-bond donors (Lipinski definition) is 2. The molecule has 0 amide bonds. The summed E-state index contributed by atoms with van der Waals surface area (Å²) in [5, 5.41) is 8.93. The number of aryl methyl sites for hydroxylation is 2. The minimum absolute atomic E-state index is 0.737. The highest BCUT2D eigenvalue weighted by Gasteiger charge is 2.18.